The predicted molar refractivity (Wildman–Crippen MR) is 353 cm³/mol. The van der Waals surface area contributed by atoms with Crippen LogP contribution in [0.2, 0.25) is 5.02 Å². The second-order valence-corrected chi connectivity index (χ2v) is 27.2. The summed E-state index contributed by atoms with van der Waals surface area (Å²) < 4.78 is 67.5. The van der Waals surface area contributed by atoms with E-state index in [4.69, 9.17) is 67.5 Å². The van der Waals surface area contributed by atoms with Crippen LogP contribution in [0.5, 0.6) is 5.75 Å². The molecule has 2 aromatic rings. The molecule has 9 N–H and O–H groups in total. The number of methoxy groups -OCH3 is 2. The fourth-order valence-corrected chi connectivity index (χ4v) is 12.4. The monoisotopic (exact) mass is 1420 g/mol. The van der Waals surface area contributed by atoms with Gasteiger partial charge in [-0.05, 0) is 94.1 Å². The summed E-state index contributed by atoms with van der Waals surface area (Å²) in [6, 6.07) is 2.15. The van der Waals surface area contributed by atoms with Gasteiger partial charge in [0.05, 0.1) is 68.8 Å². The summed E-state index contributed by atoms with van der Waals surface area (Å²) in [5.41, 5.74) is 3.14. The van der Waals surface area contributed by atoms with Gasteiger partial charge in [0.2, 0.25) is 17.7 Å². The van der Waals surface area contributed by atoms with Crippen molar-refractivity contribution in [2.24, 2.45) is 17.6 Å². The number of likely N-dealkylation sites (N-methyl/N-ethyl adjacent to an activating group) is 1. The van der Waals surface area contributed by atoms with Crippen LogP contribution in [0.3, 0.4) is 0 Å². The normalized spacial score (nSPS) is 23.8. The molecule has 4 heterocycles. The Balaban J connectivity index is 1.14. The molecule has 34 heteroatoms. The van der Waals surface area contributed by atoms with E-state index in [1.165, 1.54) is 46.2 Å². The number of amides is 9. The van der Waals surface area contributed by atoms with Crippen molar-refractivity contribution in [3.63, 3.8) is 0 Å². The fraction of sp³-hybridized carbons (Fsp3) is 0.571. The molecule has 3 fully saturated rings. The highest BCUT2D eigenvalue weighted by atomic mass is 35.5. The van der Waals surface area contributed by atoms with Crippen molar-refractivity contribution in [2.45, 2.75) is 152 Å². The number of hydroxylamine groups is 2. The van der Waals surface area contributed by atoms with Crippen LogP contribution >= 0.6 is 23.8 Å². The number of halogens is 1. The molecule has 9 amide bonds. The minimum atomic E-state index is -4.28. The number of alkyl carbamates (subject to hydrolysis) is 1. The number of sulfone groups is 1. The maximum absolute atomic E-state index is 14.6. The first-order chi connectivity index (χ1) is 45.6. The highest BCUT2D eigenvalue weighted by Gasteiger charge is 2.64. The number of allylic oxidation sites excluding steroid dienone is 3. The van der Waals surface area contributed by atoms with Crippen molar-refractivity contribution < 1.29 is 99.5 Å². The van der Waals surface area contributed by atoms with Crippen molar-refractivity contribution in [3.05, 3.63) is 70.3 Å². The van der Waals surface area contributed by atoms with Gasteiger partial charge in [-0.25, -0.2) is 27.6 Å². The summed E-state index contributed by atoms with van der Waals surface area (Å²) in [5.74, 6) is -6.90. The van der Waals surface area contributed by atoms with Crippen LogP contribution in [-0.4, -0.2) is 216 Å². The molecule has 0 saturated carbocycles. The zero-order valence-electron chi connectivity index (χ0n) is 55.9. The molecule has 2 aromatic carbocycles. The van der Waals surface area contributed by atoms with E-state index in [0.29, 0.717) is 17.0 Å². The Labute approximate surface area is 572 Å². The zero-order valence-corrected chi connectivity index (χ0v) is 58.3. The molecule has 31 nitrogen and oxygen atoms in total. The standard InChI is InChI=1S/C63H87ClN10O21S2/c1-34(2)53(70-60(96)67-23-25-91-27-26-90-24-21-51(78)95-74-48(75)19-20-49(74)76)56(80)69-41(15-13-22-66-59(65)83)55(79)68-40-18-17-39(31-45(40)97(11,86)87)57(81)72(7)37(5)58(82)93-47-32-50(77)73(8)42-29-38(30-43(88-9)52(42)64)28-35(3)14-12-16-46(89-10)63(85)33-44(92-61(84)71-63)36(4)54-62(47,6)94-54/h12,14,16-18,29-31,34,36-37,41,44,46-47,53-54,85H,13,15,19-28,32-33H2,1-11H3,(H,68,79)(H,69,80)(H,71,84)(H3,65,66,83)(H2,67,70,96)/b16-12+,35-14+/t36-,37+,41+,44+,46-,47+,53+,54+,62+,63+/m1/s1. The van der Waals surface area contributed by atoms with Crippen LogP contribution in [0.25, 0.3) is 0 Å². The van der Waals surface area contributed by atoms with Crippen molar-refractivity contribution >= 4 is 110 Å². The van der Waals surface area contributed by atoms with Crippen LogP contribution in [0.4, 0.5) is 21.0 Å². The van der Waals surface area contributed by atoms with Crippen molar-refractivity contribution in [2.75, 3.05) is 84.3 Å². The summed E-state index contributed by atoms with van der Waals surface area (Å²) in [6.45, 7) is 10.4. The Bertz CT molecular complexity index is 3470. The Morgan fingerprint density at radius 3 is 2.27 bits per heavy atom. The van der Waals surface area contributed by atoms with E-state index in [1.807, 2.05) is 6.92 Å². The molecule has 4 aliphatic rings. The smallest absolute Gasteiger partial charge is 0.409 e. The predicted octanol–water partition coefficient (Wildman–Crippen LogP) is 2.62. The first-order valence-corrected chi connectivity index (χ1v) is 33.9. The molecule has 0 unspecified atom stereocenters. The Morgan fingerprint density at radius 2 is 1.63 bits per heavy atom. The third-order valence-electron chi connectivity index (χ3n) is 16.7. The Morgan fingerprint density at radius 1 is 0.948 bits per heavy atom. The van der Waals surface area contributed by atoms with Gasteiger partial charge in [0.25, 0.3) is 17.7 Å². The van der Waals surface area contributed by atoms with E-state index in [2.05, 4.69) is 31.9 Å². The van der Waals surface area contributed by atoms with Crippen molar-refractivity contribution in [1.29, 1.82) is 0 Å². The van der Waals surface area contributed by atoms with Crippen LogP contribution < -0.4 is 47.3 Å². The van der Waals surface area contributed by atoms with Gasteiger partial charge in [-0.15, -0.1) is 5.06 Å². The quantitative estimate of drug-likeness (QED) is 0.0209. The van der Waals surface area contributed by atoms with Crippen molar-refractivity contribution in [1.82, 2.24) is 36.5 Å². The van der Waals surface area contributed by atoms with Crippen LogP contribution in [-0.2, 0) is 83.1 Å². The van der Waals surface area contributed by atoms with E-state index in [0.717, 1.165) is 28.9 Å². The third-order valence-corrected chi connectivity index (χ3v) is 18.5. The molecule has 10 atom stereocenters. The lowest BCUT2D eigenvalue weighted by atomic mass is 9.83. The number of benzene rings is 2. The molecule has 0 aliphatic carbocycles. The zero-order chi connectivity index (χ0) is 71.9. The number of urea groups is 1. The lowest BCUT2D eigenvalue weighted by Gasteiger charge is -2.42. The lowest BCUT2D eigenvalue weighted by molar-refractivity contribution is -0.198. The Hall–Kier alpha value is -8.05. The summed E-state index contributed by atoms with van der Waals surface area (Å²) in [5, 5.41) is 28.6. The number of hydrogen-bond donors (Lipinski definition) is 8. The molecule has 0 spiro atoms. The minimum absolute atomic E-state index is 0.00746. The number of carbonyl (C=O) groups is 10. The lowest BCUT2D eigenvalue weighted by Crippen LogP contribution is -2.63. The summed E-state index contributed by atoms with van der Waals surface area (Å²) >= 11 is 12.3. The second kappa shape index (κ2) is 34.4. The molecule has 4 bridgehead atoms. The van der Waals surface area contributed by atoms with E-state index in [9.17, 15) is 61.5 Å². The summed E-state index contributed by atoms with van der Waals surface area (Å²) in [6.07, 6.45) is 0.0899. The number of nitrogens with two attached hydrogens (primary N) is 1. The number of fused-ring (bicyclic) bond motifs is 5. The van der Waals surface area contributed by atoms with Gasteiger partial charge in [-0.1, -0.05) is 56.2 Å². The second-order valence-electron chi connectivity index (χ2n) is 24.4. The third kappa shape index (κ3) is 21.0. The number of rotatable bonds is 27. The number of anilines is 2. The maximum atomic E-state index is 14.6. The number of imide groups is 1. The van der Waals surface area contributed by atoms with E-state index in [1.54, 1.807) is 58.1 Å². The number of nitrogens with zero attached hydrogens (tertiary/aromatic N) is 3. The van der Waals surface area contributed by atoms with Crippen LogP contribution in [0, 0.1) is 11.8 Å². The molecule has 534 valence electrons. The first-order valence-electron chi connectivity index (χ1n) is 31.2. The molecule has 97 heavy (non-hydrogen) atoms. The average Bonchev–Trinajstić information content (AvgIpc) is 1.58. The van der Waals surface area contributed by atoms with Crippen LogP contribution in [0.1, 0.15) is 102 Å². The van der Waals surface area contributed by atoms with Gasteiger partial charge in [-0.2, -0.15) is 0 Å². The Kier molecular flexibility index (Phi) is 27.7. The van der Waals surface area contributed by atoms with Crippen molar-refractivity contribution in [3.8, 4) is 5.75 Å². The van der Waals surface area contributed by atoms with Crippen LogP contribution in [0.15, 0.2) is 59.0 Å². The number of thiocarbonyl (C=S) groups is 1. The SMILES string of the molecule is COc1cc2cc(c1Cl)N(C)C(=O)C[C@H](OC(=O)[C@H](C)N(C)C(=O)c1ccc(NC(=O)[C@H](CCCNC(N)=O)NC(=O)[C@@H](NC(=S)NCCOCCOCCC(=O)ON3C(=O)CCC3=O)C(C)C)c(S(C)(=O)=O)c1)[C@]1(C)O[C@H]1[C@H](C)[C@@H]1C[C@@](O)(NC(=O)O1)[C@H](OC)/C=C/C=C(\C)C2. The number of epoxide rings is 1. The summed E-state index contributed by atoms with van der Waals surface area (Å²) in [4.78, 5) is 138. The van der Waals surface area contributed by atoms with E-state index < -0.39 is 146 Å². The van der Waals surface area contributed by atoms with Gasteiger partial charge < -0.3 is 85.2 Å². The number of aliphatic hydroxyl groups is 1. The average molecular weight is 1420 g/mol. The summed E-state index contributed by atoms with van der Waals surface area (Å²) in [7, 11) is 1.27. The van der Waals surface area contributed by atoms with Gasteiger partial charge in [-0.3, -0.25) is 34.1 Å². The molecule has 3 saturated heterocycles. The van der Waals surface area contributed by atoms with Gasteiger partial charge in [0.1, 0.15) is 52.8 Å². The van der Waals surface area contributed by atoms with E-state index in [-0.39, 0.29) is 111 Å². The topological polar surface area (TPSA) is 410 Å². The highest BCUT2D eigenvalue weighted by Crippen LogP contribution is 2.49. The number of ether oxygens (including phenoxy) is 7. The maximum Gasteiger partial charge on any atom is 0.409 e. The minimum Gasteiger partial charge on any atom is -0.495 e. The molecule has 0 radical (unpaired) electrons. The number of carbonyl (C=O) groups excluding carboxylic acids is 10. The number of esters is 1. The number of hydrogen-bond acceptors (Lipinski definition) is 22. The van der Waals surface area contributed by atoms with Gasteiger partial charge in [0.15, 0.2) is 20.7 Å². The molecule has 6 rings (SSSR count). The van der Waals surface area contributed by atoms with E-state index >= 15 is 0 Å². The molecule has 0 aromatic heterocycles. The molecular weight excluding hydrogens is 1330 g/mol. The fourth-order valence-electron chi connectivity index (χ4n) is 11.0. The molecule has 4 aliphatic heterocycles. The largest absolute Gasteiger partial charge is 0.495 e. The first kappa shape index (κ1) is 78.0. The number of nitrogens with one attached hydrogen (secondary N) is 6. The highest BCUT2D eigenvalue weighted by molar-refractivity contribution is 7.90. The van der Waals surface area contributed by atoms with Gasteiger partial charge in [0, 0.05) is 71.3 Å². The number of primary amides is 1. The van der Waals surface area contributed by atoms with Gasteiger partial charge >= 0.3 is 24.1 Å². The molecular formula is C63H87ClN10O21S2.